The molecular formula is C84H44F6N10. The van der Waals surface area contributed by atoms with Crippen molar-refractivity contribution in [3.63, 3.8) is 0 Å². The first-order valence-corrected chi connectivity index (χ1v) is 31.2. The number of aryl methyl sites for hydroxylation is 1. The molecule has 0 aliphatic rings. The van der Waals surface area contributed by atoms with Crippen LogP contribution >= 0.6 is 0 Å². The van der Waals surface area contributed by atoms with E-state index < -0.39 is 29.2 Å². The van der Waals surface area contributed by atoms with Gasteiger partial charge < -0.3 is 0 Å². The Morgan fingerprint density at radius 2 is 0.720 bits per heavy atom. The number of nitriles is 2. The van der Waals surface area contributed by atoms with Crippen molar-refractivity contribution in [2.24, 2.45) is 0 Å². The van der Waals surface area contributed by atoms with Crippen LogP contribution in [0.2, 0.25) is 0 Å². The zero-order valence-electron chi connectivity index (χ0n) is 52.4. The molecule has 10 nitrogen and oxygen atoms in total. The summed E-state index contributed by atoms with van der Waals surface area (Å²) in [5, 5.41) is 23.9. The minimum absolute atomic E-state index is 0.198. The van der Waals surface area contributed by atoms with Gasteiger partial charge in [-0.15, -0.1) is 0 Å². The number of pyridine rings is 2. The molecule has 12 aromatic carbocycles. The topological polar surface area (TPSA) is 134 Å². The van der Waals surface area contributed by atoms with Gasteiger partial charge in [-0.25, -0.2) is 52.8 Å². The number of hydrogen-bond donors (Lipinski definition) is 0. The Morgan fingerprint density at radius 3 is 1.13 bits per heavy atom. The molecule has 16 heteroatoms. The van der Waals surface area contributed by atoms with E-state index in [4.69, 9.17) is 43.0 Å². The summed E-state index contributed by atoms with van der Waals surface area (Å²) in [7, 11) is 0. The molecule has 0 aliphatic heterocycles. The van der Waals surface area contributed by atoms with Crippen molar-refractivity contribution in [3.05, 3.63) is 311 Å². The number of alkyl halides is 3. The molecule has 472 valence electrons. The molecule has 16 aromatic rings. The maximum atomic E-state index is 14.2. The van der Waals surface area contributed by atoms with Gasteiger partial charge in [-0.05, 0) is 143 Å². The summed E-state index contributed by atoms with van der Waals surface area (Å²) in [4.78, 5) is 38.0. The first-order valence-electron chi connectivity index (χ1n) is 31.2. The summed E-state index contributed by atoms with van der Waals surface area (Å²) < 4.78 is 83.3. The summed E-state index contributed by atoms with van der Waals surface area (Å²) >= 11 is 0. The molecule has 16 rings (SSSR count). The normalized spacial score (nSPS) is 11.3. The second-order valence-corrected chi connectivity index (χ2v) is 23.7. The van der Waals surface area contributed by atoms with Gasteiger partial charge >= 0.3 is 6.18 Å². The minimum atomic E-state index is -4.46. The van der Waals surface area contributed by atoms with E-state index in [0.29, 0.717) is 112 Å². The fourth-order valence-corrected chi connectivity index (χ4v) is 12.7. The van der Waals surface area contributed by atoms with Crippen molar-refractivity contribution in [2.75, 3.05) is 0 Å². The molecule has 0 spiro atoms. The van der Waals surface area contributed by atoms with Crippen LogP contribution in [-0.2, 0) is 6.18 Å². The standard InChI is InChI=1S/C43H24F3N5.C41H20F3N5/c1-25-20-31(23-32(21-25)43(44,45)46)29-6-5-7-30(22-29)39-35-18-19-37-42(38(35)34-8-3-4-9-36(34)49-39)51-41(27-12-10-26(24-47)11-13-27)40(50-37)28-14-16-33(48-2)17-15-28;1-46-29-15-13-25(14-16-29)39-40(24-11-9-23(22-45)10-12-24)49-41-35(48-39)18-17-31-36(41)30-7-2-3-8-34(30)47-38(31)27-6-4-5-26(19-27)28-20-32(42)37(44)33(43)21-28/h3-23H,1H3;2-21H. The van der Waals surface area contributed by atoms with Crippen molar-refractivity contribution in [2.45, 2.75) is 13.1 Å². The Balaban J connectivity index is 0.000000163. The maximum Gasteiger partial charge on any atom is 0.416 e. The Kier molecular flexibility index (Phi) is 15.8. The number of rotatable bonds is 8. The highest BCUT2D eigenvalue weighted by Crippen LogP contribution is 2.44. The van der Waals surface area contributed by atoms with Gasteiger partial charge in [0.05, 0.1) is 109 Å². The Bertz CT molecular complexity index is 6210. The van der Waals surface area contributed by atoms with E-state index in [1.54, 1.807) is 85.8 Å². The monoisotopic (exact) mass is 1310 g/mol. The predicted octanol–water partition coefficient (Wildman–Crippen LogP) is 22.6. The molecule has 4 aromatic heterocycles. The third kappa shape index (κ3) is 11.6. The molecule has 0 radical (unpaired) electrons. The summed E-state index contributed by atoms with van der Waals surface area (Å²) in [6.45, 7) is 16.4. The summed E-state index contributed by atoms with van der Waals surface area (Å²) in [5.41, 5.74) is 16.0. The smallest absolute Gasteiger partial charge is 0.247 e. The van der Waals surface area contributed by atoms with Gasteiger partial charge in [0.1, 0.15) is 0 Å². The predicted molar refractivity (Wildman–Crippen MR) is 380 cm³/mol. The van der Waals surface area contributed by atoms with Crippen LogP contribution in [0.3, 0.4) is 0 Å². The fourth-order valence-electron chi connectivity index (χ4n) is 12.7. The van der Waals surface area contributed by atoms with Crippen LogP contribution in [-0.4, -0.2) is 29.9 Å². The third-order valence-corrected chi connectivity index (χ3v) is 17.4. The van der Waals surface area contributed by atoms with Gasteiger partial charge in [0.15, 0.2) is 28.8 Å². The molecule has 0 saturated heterocycles. The van der Waals surface area contributed by atoms with Crippen LogP contribution in [0.25, 0.3) is 165 Å². The van der Waals surface area contributed by atoms with E-state index in [-0.39, 0.29) is 5.56 Å². The maximum absolute atomic E-state index is 14.2. The number of hydrogen-bond acceptors (Lipinski definition) is 8. The first kappa shape index (κ1) is 62.3. The highest BCUT2D eigenvalue weighted by molar-refractivity contribution is 6.22. The molecule has 0 amide bonds. The van der Waals surface area contributed by atoms with E-state index in [1.807, 2.05) is 146 Å². The number of benzene rings is 12. The van der Waals surface area contributed by atoms with Gasteiger partial charge in [0.25, 0.3) is 0 Å². The molecule has 4 heterocycles. The van der Waals surface area contributed by atoms with Gasteiger partial charge in [0.2, 0.25) is 0 Å². The van der Waals surface area contributed by atoms with Gasteiger partial charge in [-0.2, -0.15) is 23.7 Å². The number of fused-ring (bicyclic) bond motifs is 10. The van der Waals surface area contributed by atoms with Crippen molar-refractivity contribution in [3.8, 4) is 102 Å². The molecule has 0 bridgehead atoms. The van der Waals surface area contributed by atoms with Crippen LogP contribution < -0.4 is 0 Å². The lowest BCUT2D eigenvalue weighted by molar-refractivity contribution is -0.137. The van der Waals surface area contributed by atoms with Gasteiger partial charge in [0, 0.05) is 54.6 Å². The zero-order valence-corrected chi connectivity index (χ0v) is 52.4. The second-order valence-electron chi connectivity index (χ2n) is 23.7. The van der Waals surface area contributed by atoms with Gasteiger partial charge in [-0.1, -0.05) is 152 Å². The van der Waals surface area contributed by atoms with Crippen LogP contribution in [0.15, 0.2) is 249 Å². The van der Waals surface area contributed by atoms with Crippen LogP contribution in [0.1, 0.15) is 22.3 Å². The van der Waals surface area contributed by atoms with E-state index in [0.717, 1.165) is 83.9 Å². The summed E-state index contributed by atoms with van der Waals surface area (Å²) in [6.07, 6.45) is -4.46. The summed E-state index contributed by atoms with van der Waals surface area (Å²) in [5.74, 6) is -4.04. The molecule has 0 fully saturated rings. The number of aromatic nitrogens is 6. The molecule has 100 heavy (non-hydrogen) atoms. The lowest BCUT2D eigenvalue weighted by Gasteiger charge is -2.16. The Hall–Kier alpha value is -13.8. The highest BCUT2D eigenvalue weighted by Gasteiger charge is 2.31. The van der Waals surface area contributed by atoms with Crippen molar-refractivity contribution >= 4 is 76.8 Å². The number of para-hydroxylation sites is 2. The van der Waals surface area contributed by atoms with Crippen molar-refractivity contribution in [1.82, 2.24) is 29.9 Å². The number of halogens is 6. The van der Waals surface area contributed by atoms with Crippen molar-refractivity contribution in [1.29, 1.82) is 10.5 Å². The molecule has 0 unspecified atom stereocenters. The Morgan fingerprint density at radius 1 is 0.340 bits per heavy atom. The minimum Gasteiger partial charge on any atom is -0.247 e. The van der Waals surface area contributed by atoms with E-state index in [1.165, 1.54) is 6.07 Å². The van der Waals surface area contributed by atoms with E-state index in [2.05, 4.69) is 21.8 Å². The molecular weight excluding hydrogens is 1260 g/mol. The third-order valence-electron chi connectivity index (χ3n) is 17.4. The van der Waals surface area contributed by atoms with Gasteiger partial charge in [-0.3, -0.25) is 0 Å². The molecule has 0 N–H and O–H groups in total. The summed E-state index contributed by atoms with van der Waals surface area (Å²) in [6, 6.07) is 76.8. The lowest BCUT2D eigenvalue weighted by Crippen LogP contribution is -2.05. The van der Waals surface area contributed by atoms with E-state index >= 15 is 0 Å². The van der Waals surface area contributed by atoms with Crippen LogP contribution in [0, 0.1) is 60.2 Å². The average Bonchev–Trinajstić information content (AvgIpc) is 0.736. The SMILES string of the molecule is [C-]#[N+]c1ccc(-c2nc3ccc4c(-c5cccc(-c6cc(C)cc(C(F)(F)F)c6)c5)nc5ccccc5c4c3nc2-c2ccc(C#N)cc2)cc1.[C-]#[N+]c1ccc(-c2nc3ccc4c(-c5cccc(-c6cc(F)c(F)c(F)c6)c5)nc5ccccc5c4c3nc2-c2ccc(C#N)cc2)cc1. The molecule has 0 saturated carbocycles. The highest BCUT2D eigenvalue weighted by atomic mass is 19.4. The molecule has 0 atom stereocenters. The van der Waals surface area contributed by atoms with Crippen LogP contribution in [0.4, 0.5) is 37.7 Å². The quantitative estimate of drug-likeness (QED) is 0.0635. The largest absolute Gasteiger partial charge is 0.416 e. The second kappa shape index (κ2) is 25.4. The number of nitrogens with zero attached hydrogens (tertiary/aromatic N) is 10. The molecule has 0 aliphatic carbocycles. The lowest BCUT2D eigenvalue weighted by atomic mass is 9.94. The Labute approximate surface area is 567 Å². The first-order chi connectivity index (χ1) is 48.6. The average molecular weight is 1310 g/mol. The van der Waals surface area contributed by atoms with Crippen molar-refractivity contribution < 1.29 is 26.3 Å². The van der Waals surface area contributed by atoms with Crippen LogP contribution in [0.5, 0.6) is 0 Å². The fraction of sp³-hybridized carbons (Fsp3) is 0.0238. The van der Waals surface area contributed by atoms with E-state index in [9.17, 15) is 36.9 Å². The zero-order chi connectivity index (χ0) is 68.9.